The van der Waals surface area contributed by atoms with Crippen LogP contribution in [-0.4, -0.2) is 15.0 Å². The van der Waals surface area contributed by atoms with Gasteiger partial charge < -0.3 is 0 Å². The third kappa shape index (κ3) is 13.6. The quantitative estimate of drug-likeness (QED) is 0.221. The number of nitriles is 1. The number of rotatable bonds is 13. The van der Waals surface area contributed by atoms with E-state index >= 15 is 0 Å². The van der Waals surface area contributed by atoms with Crippen LogP contribution >= 0.6 is 0 Å². The van der Waals surface area contributed by atoms with Gasteiger partial charge in [0, 0.05) is 0 Å². The Morgan fingerprint density at radius 1 is 0.842 bits per heavy atom. The lowest BCUT2D eigenvalue weighted by atomic mass is 10.1. The highest BCUT2D eigenvalue weighted by Gasteiger charge is 2.06. The molecular weight excluding hydrogens is 262 g/mol. The first-order valence-electron chi connectivity index (χ1n) is 7.42. The molecule has 0 N–H and O–H groups in total. The second-order valence-corrected chi connectivity index (χ2v) is 6.23. The summed E-state index contributed by atoms with van der Waals surface area (Å²) in [7, 11) is -3.93. The van der Waals surface area contributed by atoms with E-state index in [2.05, 4.69) is 11.1 Å². The van der Waals surface area contributed by atoms with Crippen molar-refractivity contribution in [2.45, 2.75) is 77.6 Å². The smallest absolute Gasteiger partial charge is 0.259 e. The molecule has 0 amide bonds. The Bertz CT molecular complexity index is 333. The van der Waals surface area contributed by atoms with Crippen LogP contribution in [0.3, 0.4) is 0 Å². The van der Waals surface area contributed by atoms with Crippen molar-refractivity contribution in [1.29, 1.82) is 5.26 Å². The molecule has 4 nitrogen and oxygen atoms in total. The highest BCUT2D eigenvalue weighted by Crippen LogP contribution is 2.11. The first kappa shape index (κ1) is 18.4. The SMILES string of the molecule is CCCCCCCCCCCCCOS(=O)(=O)C#N. The Hall–Kier alpha value is -0.600. The fourth-order valence-electron chi connectivity index (χ4n) is 1.96. The van der Waals surface area contributed by atoms with Crippen molar-refractivity contribution in [1.82, 2.24) is 0 Å². The molecule has 0 spiro atoms. The first-order chi connectivity index (χ1) is 9.12. The lowest BCUT2D eigenvalue weighted by Gasteiger charge is -2.02. The van der Waals surface area contributed by atoms with E-state index in [1.54, 1.807) is 0 Å². The van der Waals surface area contributed by atoms with Crippen LogP contribution in [0.1, 0.15) is 77.6 Å². The third-order valence-corrected chi connectivity index (χ3v) is 3.80. The molecule has 0 heterocycles. The number of unbranched alkanes of at least 4 members (excludes halogenated alkanes) is 10. The van der Waals surface area contributed by atoms with Gasteiger partial charge in [0.25, 0.3) is 0 Å². The van der Waals surface area contributed by atoms with Crippen molar-refractivity contribution in [2.24, 2.45) is 0 Å². The molecule has 0 bridgehead atoms. The second-order valence-electron chi connectivity index (χ2n) is 4.90. The molecule has 0 aromatic carbocycles. The maximum atomic E-state index is 10.7. The van der Waals surface area contributed by atoms with Crippen molar-refractivity contribution < 1.29 is 12.6 Å². The molecule has 0 aromatic rings. The van der Waals surface area contributed by atoms with Crippen LogP contribution in [0.4, 0.5) is 0 Å². The minimum Gasteiger partial charge on any atom is -0.259 e. The van der Waals surface area contributed by atoms with Crippen LogP contribution in [-0.2, 0) is 14.3 Å². The summed E-state index contributed by atoms with van der Waals surface area (Å²) in [5.41, 5.74) is 0. The zero-order chi connectivity index (χ0) is 14.4. The lowest BCUT2D eigenvalue weighted by molar-refractivity contribution is 0.312. The van der Waals surface area contributed by atoms with Gasteiger partial charge >= 0.3 is 10.1 Å². The number of hydrogen-bond acceptors (Lipinski definition) is 4. The summed E-state index contributed by atoms with van der Waals surface area (Å²) in [5.74, 6) is 0. The molecule has 0 saturated carbocycles. The molecule has 112 valence electrons. The topological polar surface area (TPSA) is 67.2 Å². The zero-order valence-electron chi connectivity index (χ0n) is 12.1. The van der Waals surface area contributed by atoms with E-state index in [1.165, 1.54) is 51.4 Å². The van der Waals surface area contributed by atoms with Gasteiger partial charge in [0.05, 0.1) is 6.61 Å². The van der Waals surface area contributed by atoms with Crippen LogP contribution in [0.25, 0.3) is 0 Å². The van der Waals surface area contributed by atoms with E-state index in [0.717, 1.165) is 18.2 Å². The van der Waals surface area contributed by atoms with Gasteiger partial charge in [-0.1, -0.05) is 71.1 Å². The van der Waals surface area contributed by atoms with Gasteiger partial charge in [-0.25, -0.2) is 0 Å². The Kier molecular flexibility index (Phi) is 12.0. The average Bonchev–Trinajstić information content (AvgIpc) is 2.40. The minimum absolute atomic E-state index is 0.132. The van der Waals surface area contributed by atoms with Crippen molar-refractivity contribution in [2.75, 3.05) is 6.61 Å². The summed E-state index contributed by atoms with van der Waals surface area (Å²) in [6.45, 7) is 2.36. The van der Waals surface area contributed by atoms with Gasteiger partial charge in [0.1, 0.15) is 0 Å². The zero-order valence-corrected chi connectivity index (χ0v) is 12.9. The van der Waals surface area contributed by atoms with Gasteiger partial charge in [0.2, 0.25) is 5.40 Å². The normalized spacial score (nSPS) is 11.4. The van der Waals surface area contributed by atoms with Crippen LogP contribution in [0.5, 0.6) is 0 Å². The average molecular weight is 289 g/mol. The largest absolute Gasteiger partial charge is 0.362 e. The molecule has 0 radical (unpaired) electrons. The lowest BCUT2D eigenvalue weighted by Crippen LogP contribution is -2.03. The molecule has 0 aliphatic carbocycles. The molecule has 0 aromatic heterocycles. The molecule has 5 heteroatoms. The molecule has 0 unspecified atom stereocenters. The molecule has 0 fully saturated rings. The number of thiocyanates is 1. The summed E-state index contributed by atoms with van der Waals surface area (Å²) in [6.07, 6.45) is 13.3. The molecule has 0 saturated heterocycles. The molecule has 0 aliphatic heterocycles. The molecule has 0 atom stereocenters. The van der Waals surface area contributed by atoms with Crippen LogP contribution in [0.15, 0.2) is 0 Å². The van der Waals surface area contributed by atoms with Gasteiger partial charge in [-0.3, -0.25) is 4.18 Å². The fraction of sp³-hybridized carbons (Fsp3) is 0.929. The van der Waals surface area contributed by atoms with E-state index < -0.39 is 10.1 Å². The van der Waals surface area contributed by atoms with Gasteiger partial charge in [-0.15, -0.1) is 0 Å². The Morgan fingerprint density at radius 2 is 1.26 bits per heavy atom. The third-order valence-electron chi connectivity index (χ3n) is 3.10. The van der Waals surface area contributed by atoms with Gasteiger partial charge in [-0.2, -0.15) is 13.7 Å². The fourth-order valence-corrected chi connectivity index (χ4v) is 2.35. The second kappa shape index (κ2) is 12.4. The van der Waals surface area contributed by atoms with Gasteiger partial charge in [-0.05, 0) is 6.42 Å². The molecular formula is C14H27NO3S. The minimum atomic E-state index is -3.93. The molecule has 0 rings (SSSR count). The van der Waals surface area contributed by atoms with E-state index in [1.807, 2.05) is 0 Å². The first-order valence-corrected chi connectivity index (χ1v) is 8.83. The van der Waals surface area contributed by atoms with E-state index in [-0.39, 0.29) is 6.61 Å². The van der Waals surface area contributed by atoms with Crippen molar-refractivity contribution in [3.05, 3.63) is 0 Å². The van der Waals surface area contributed by atoms with Crippen molar-refractivity contribution in [3.63, 3.8) is 0 Å². The maximum absolute atomic E-state index is 10.7. The van der Waals surface area contributed by atoms with E-state index in [0.29, 0.717) is 6.42 Å². The van der Waals surface area contributed by atoms with Crippen molar-refractivity contribution in [3.8, 4) is 5.40 Å². The standard InChI is InChI=1S/C14H27NO3S/c1-2-3-4-5-6-7-8-9-10-11-12-13-18-19(16,17)14-15/h2-13H2,1H3. The van der Waals surface area contributed by atoms with Crippen LogP contribution in [0.2, 0.25) is 0 Å². The number of hydrogen-bond donors (Lipinski definition) is 0. The molecule has 19 heavy (non-hydrogen) atoms. The van der Waals surface area contributed by atoms with Gasteiger partial charge in [0.15, 0.2) is 0 Å². The van der Waals surface area contributed by atoms with E-state index in [4.69, 9.17) is 5.26 Å². The summed E-state index contributed by atoms with van der Waals surface area (Å²) in [4.78, 5) is 0. The predicted molar refractivity (Wildman–Crippen MR) is 76.9 cm³/mol. The highest BCUT2D eigenvalue weighted by molar-refractivity contribution is 7.91. The highest BCUT2D eigenvalue weighted by atomic mass is 32.2. The monoisotopic (exact) mass is 289 g/mol. The van der Waals surface area contributed by atoms with Crippen molar-refractivity contribution >= 4 is 10.1 Å². The van der Waals surface area contributed by atoms with Crippen LogP contribution < -0.4 is 0 Å². The Morgan fingerprint density at radius 3 is 1.68 bits per heavy atom. The van der Waals surface area contributed by atoms with E-state index in [9.17, 15) is 8.42 Å². The summed E-state index contributed by atoms with van der Waals surface area (Å²) >= 11 is 0. The Balaban J connectivity index is 3.14. The Labute approximate surface area is 118 Å². The summed E-state index contributed by atoms with van der Waals surface area (Å²) in [5, 5.41) is 9.34. The predicted octanol–water partition coefficient (Wildman–Crippen LogP) is 4.12. The van der Waals surface area contributed by atoms with Crippen LogP contribution in [0, 0.1) is 10.7 Å². The summed E-state index contributed by atoms with van der Waals surface area (Å²) < 4.78 is 25.9. The summed E-state index contributed by atoms with van der Waals surface area (Å²) in [6, 6.07) is 0. The maximum Gasteiger partial charge on any atom is 0.362 e. The molecule has 0 aliphatic rings. The number of nitrogens with zero attached hydrogens (tertiary/aromatic N) is 1.